The first-order valence-electron chi connectivity index (χ1n) is 8.36. The fraction of sp³-hybridized carbons (Fsp3) is 0.0476. The second kappa shape index (κ2) is 6.84. The number of carbonyl (C=O) groups is 1. The summed E-state index contributed by atoms with van der Waals surface area (Å²) in [5.41, 5.74) is 2.26. The highest BCUT2D eigenvalue weighted by molar-refractivity contribution is 6.00. The van der Waals surface area contributed by atoms with Crippen LogP contribution in [0.25, 0.3) is 22.2 Å². The van der Waals surface area contributed by atoms with Gasteiger partial charge in [-0.05, 0) is 23.8 Å². The molecule has 0 fully saturated rings. The molecule has 4 rings (SSSR count). The Morgan fingerprint density at radius 1 is 0.963 bits per heavy atom. The molecule has 0 unspecified atom stereocenters. The second-order valence-corrected chi connectivity index (χ2v) is 6.08. The molecule has 134 valence electrons. The predicted molar refractivity (Wildman–Crippen MR) is 100 cm³/mol. The van der Waals surface area contributed by atoms with Crippen molar-refractivity contribution in [1.82, 2.24) is 10.5 Å². The summed E-state index contributed by atoms with van der Waals surface area (Å²) in [6.45, 7) is 0.322. The number of aromatic hydroxyl groups is 2. The summed E-state index contributed by atoms with van der Waals surface area (Å²) in [4.78, 5) is 12.5. The standard InChI is InChI=1S/C21H16N2O4/c24-17-11-18(25)16(21(26)22-12-13-6-2-1-3-7-13)10-15(17)20-14-8-4-5-9-19(14)27-23-20/h1-11,24-25H,12H2,(H,22,26). The van der Waals surface area contributed by atoms with E-state index in [-0.39, 0.29) is 17.1 Å². The zero-order chi connectivity index (χ0) is 18.8. The lowest BCUT2D eigenvalue weighted by Crippen LogP contribution is -2.22. The first-order chi connectivity index (χ1) is 13.1. The average molecular weight is 360 g/mol. The summed E-state index contributed by atoms with van der Waals surface area (Å²) in [7, 11) is 0. The van der Waals surface area contributed by atoms with Crippen LogP contribution in [0.4, 0.5) is 0 Å². The lowest BCUT2D eigenvalue weighted by Gasteiger charge is -2.10. The van der Waals surface area contributed by atoms with E-state index in [1.165, 1.54) is 6.07 Å². The van der Waals surface area contributed by atoms with Crippen molar-refractivity contribution in [3.63, 3.8) is 0 Å². The Kier molecular flexibility index (Phi) is 4.22. The third kappa shape index (κ3) is 3.20. The number of rotatable bonds is 4. The predicted octanol–water partition coefficient (Wildman–Crippen LogP) is 3.84. The lowest BCUT2D eigenvalue weighted by molar-refractivity contribution is 0.0948. The average Bonchev–Trinajstić information content (AvgIpc) is 3.11. The molecule has 0 saturated carbocycles. The Bertz CT molecular complexity index is 1120. The molecule has 1 aromatic heterocycles. The SMILES string of the molecule is O=C(NCc1ccccc1)c1cc(-c2noc3ccccc23)c(O)cc1O. The topological polar surface area (TPSA) is 95.6 Å². The summed E-state index contributed by atoms with van der Waals surface area (Å²) in [5, 5.41) is 27.9. The molecule has 0 aliphatic rings. The maximum Gasteiger partial charge on any atom is 0.255 e. The summed E-state index contributed by atoms with van der Waals surface area (Å²) >= 11 is 0. The van der Waals surface area contributed by atoms with Gasteiger partial charge in [0.05, 0.1) is 5.56 Å². The molecular weight excluding hydrogens is 344 g/mol. The Morgan fingerprint density at radius 3 is 2.52 bits per heavy atom. The highest BCUT2D eigenvalue weighted by Gasteiger charge is 2.19. The van der Waals surface area contributed by atoms with E-state index >= 15 is 0 Å². The third-order valence-electron chi connectivity index (χ3n) is 4.29. The van der Waals surface area contributed by atoms with Gasteiger partial charge in [0.25, 0.3) is 5.91 Å². The first-order valence-corrected chi connectivity index (χ1v) is 8.36. The van der Waals surface area contributed by atoms with Crippen LogP contribution in [-0.2, 0) is 6.54 Å². The van der Waals surface area contributed by atoms with Crippen molar-refractivity contribution in [3.8, 4) is 22.8 Å². The molecule has 0 radical (unpaired) electrons. The van der Waals surface area contributed by atoms with Gasteiger partial charge in [-0.1, -0.05) is 47.6 Å². The largest absolute Gasteiger partial charge is 0.507 e. The number of benzene rings is 3. The highest BCUT2D eigenvalue weighted by atomic mass is 16.5. The zero-order valence-corrected chi connectivity index (χ0v) is 14.2. The van der Waals surface area contributed by atoms with Crippen molar-refractivity contribution in [2.45, 2.75) is 6.54 Å². The van der Waals surface area contributed by atoms with Gasteiger partial charge >= 0.3 is 0 Å². The molecule has 1 amide bonds. The van der Waals surface area contributed by atoms with E-state index in [4.69, 9.17) is 4.52 Å². The van der Waals surface area contributed by atoms with E-state index in [9.17, 15) is 15.0 Å². The van der Waals surface area contributed by atoms with Crippen LogP contribution < -0.4 is 5.32 Å². The van der Waals surface area contributed by atoms with Gasteiger partial charge in [0.15, 0.2) is 5.58 Å². The van der Waals surface area contributed by atoms with Crippen molar-refractivity contribution in [2.75, 3.05) is 0 Å². The molecule has 4 aromatic rings. The van der Waals surface area contributed by atoms with Crippen LogP contribution in [-0.4, -0.2) is 21.3 Å². The van der Waals surface area contributed by atoms with Crippen LogP contribution in [0.15, 0.2) is 71.3 Å². The van der Waals surface area contributed by atoms with E-state index in [0.29, 0.717) is 28.8 Å². The molecule has 0 saturated heterocycles. The van der Waals surface area contributed by atoms with Gasteiger partial charge in [-0.15, -0.1) is 0 Å². The Hall–Kier alpha value is -3.80. The normalized spacial score (nSPS) is 10.8. The Morgan fingerprint density at radius 2 is 1.70 bits per heavy atom. The van der Waals surface area contributed by atoms with Crippen LogP contribution in [0.3, 0.4) is 0 Å². The van der Waals surface area contributed by atoms with Crippen LogP contribution in [0.1, 0.15) is 15.9 Å². The summed E-state index contributed by atoms with van der Waals surface area (Å²) in [6.07, 6.45) is 0. The lowest BCUT2D eigenvalue weighted by atomic mass is 10.0. The van der Waals surface area contributed by atoms with Gasteiger partial charge in [0, 0.05) is 23.6 Å². The van der Waals surface area contributed by atoms with Gasteiger partial charge in [-0.25, -0.2) is 0 Å². The van der Waals surface area contributed by atoms with Gasteiger partial charge in [-0.3, -0.25) is 4.79 Å². The highest BCUT2D eigenvalue weighted by Crippen LogP contribution is 2.37. The number of phenolic OH excluding ortho intramolecular Hbond substituents is 2. The van der Waals surface area contributed by atoms with Gasteiger partial charge < -0.3 is 20.1 Å². The van der Waals surface area contributed by atoms with Gasteiger partial charge in [0.1, 0.15) is 17.2 Å². The molecule has 6 nitrogen and oxygen atoms in total. The molecule has 3 N–H and O–H groups in total. The number of aromatic nitrogens is 1. The van der Waals surface area contributed by atoms with Crippen LogP contribution in [0, 0.1) is 0 Å². The number of nitrogens with zero attached hydrogens (tertiary/aromatic N) is 1. The number of amides is 1. The maximum atomic E-state index is 12.5. The minimum absolute atomic E-state index is 0.0470. The van der Waals surface area contributed by atoms with E-state index < -0.39 is 5.91 Å². The molecule has 6 heteroatoms. The number of phenols is 2. The number of fused-ring (bicyclic) bond motifs is 1. The van der Waals surface area contributed by atoms with E-state index in [1.54, 1.807) is 6.07 Å². The molecule has 0 atom stereocenters. The minimum atomic E-state index is -0.453. The van der Waals surface area contributed by atoms with E-state index in [1.807, 2.05) is 48.5 Å². The van der Waals surface area contributed by atoms with Crippen molar-refractivity contribution in [3.05, 3.63) is 77.9 Å². The second-order valence-electron chi connectivity index (χ2n) is 6.08. The van der Waals surface area contributed by atoms with Crippen LogP contribution >= 0.6 is 0 Å². The zero-order valence-electron chi connectivity index (χ0n) is 14.2. The van der Waals surface area contributed by atoms with Crippen molar-refractivity contribution >= 4 is 16.9 Å². The minimum Gasteiger partial charge on any atom is -0.507 e. The molecule has 27 heavy (non-hydrogen) atoms. The molecule has 0 spiro atoms. The Balaban J connectivity index is 1.68. The van der Waals surface area contributed by atoms with Crippen molar-refractivity contribution in [2.24, 2.45) is 0 Å². The number of hydrogen-bond donors (Lipinski definition) is 3. The maximum absolute atomic E-state index is 12.5. The fourth-order valence-electron chi connectivity index (χ4n) is 2.90. The first kappa shape index (κ1) is 16.7. The van der Waals surface area contributed by atoms with Crippen LogP contribution in [0.2, 0.25) is 0 Å². The van der Waals surface area contributed by atoms with Crippen molar-refractivity contribution in [1.29, 1.82) is 0 Å². The van der Waals surface area contributed by atoms with Crippen molar-refractivity contribution < 1.29 is 19.5 Å². The van der Waals surface area contributed by atoms with Crippen LogP contribution in [0.5, 0.6) is 11.5 Å². The quantitative estimate of drug-likeness (QED) is 0.514. The smallest absolute Gasteiger partial charge is 0.255 e. The van der Waals surface area contributed by atoms with Gasteiger partial charge in [0.2, 0.25) is 0 Å². The fourth-order valence-corrected chi connectivity index (χ4v) is 2.90. The third-order valence-corrected chi connectivity index (χ3v) is 4.29. The Labute approximate surface area is 154 Å². The number of carbonyl (C=O) groups excluding carboxylic acids is 1. The monoisotopic (exact) mass is 360 g/mol. The number of para-hydroxylation sites is 1. The molecule has 1 heterocycles. The van der Waals surface area contributed by atoms with E-state index in [2.05, 4.69) is 10.5 Å². The summed E-state index contributed by atoms with van der Waals surface area (Å²) in [6, 6.07) is 19.2. The molecular formula is C21H16N2O4. The molecule has 0 aliphatic heterocycles. The summed E-state index contributed by atoms with van der Waals surface area (Å²) < 4.78 is 5.27. The van der Waals surface area contributed by atoms with Gasteiger partial charge in [-0.2, -0.15) is 0 Å². The summed E-state index contributed by atoms with van der Waals surface area (Å²) in [5.74, 6) is -0.953. The molecule has 3 aromatic carbocycles. The number of nitrogens with one attached hydrogen (secondary N) is 1. The molecule has 0 bridgehead atoms. The van der Waals surface area contributed by atoms with E-state index in [0.717, 1.165) is 11.6 Å². The molecule has 0 aliphatic carbocycles. The number of hydrogen-bond acceptors (Lipinski definition) is 5.